The van der Waals surface area contributed by atoms with E-state index in [2.05, 4.69) is 10.3 Å². The van der Waals surface area contributed by atoms with E-state index in [0.717, 1.165) is 0 Å². The highest BCUT2D eigenvalue weighted by Gasteiger charge is 2.44. The number of aliphatic hydroxyl groups excluding tert-OH is 3. The molecule has 0 unspecified atom stereocenters. The van der Waals surface area contributed by atoms with Crippen LogP contribution in [0.1, 0.15) is 54.0 Å². The SMILES string of the molecule is CO[C@H]1/C=C/O[C@@]2(C)Oc3c(C)c(O)c4c(=O)c(c5oc6cc(N(C)C)cc(=O)c6nc5c4c3=C2O)NC(=O)/C(C)=C\C=C\[C@H](C)[C@H](O)[C@@H](C)[C@@H](O)[C@@H](C)[C@H](OC(C)=O)[C@@H]1C. The number of hydrogen-bond donors (Lipinski definition) is 5. The van der Waals surface area contributed by atoms with Crippen LogP contribution < -0.4 is 31.0 Å². The summed E-state index contributed by atoms with van der Waals surface area (Å²) in [6.07, 6.45) is 3.51. The number of esters is 1. The molecule has 3 heterocycles. The van der Waals surface area contributed by atoms with Crippen LogP contribution in [0.25, 0.3) is 38.7 Å². The molecule has 0 saturated heterocycles. The average Bonchev–Trinajstić information content (AvgIpc) is 3.48. The molecule has 0 radical (unpaired) electrons. The third kappa shape index (κ3) is 7.90. The van der Waals surface area contributed by atoms with Gasteiger partial charge in [-0.1, -0.05) is 45.9 Å². The molecular weight excluding hydrogens is 791 g/mol. The van der Waals surface area contributed by atoms with E-state index in [1.165, 1.54) is 59.3 Å². The van der Waals surface area contributed by atoms with Gasteiger partial charge < -0.3 is 54.0 Å². The van der Waals surface area contributed by atoms with Crippen LogP contribution in [-0.2, 0) is 23.8 Å². The fourth-order valence-corrected chi connectivity index (χ4v) is 8.13. The van der Waals surface area contributed by atoms with E-state index in [-0.39, 0.29) is 55.1 Å². The number of nitrogens with one attached hydrogen (secondary N) is 1. The number of aromatic nitrogens is 1. The molecule has 0 spiro atoms. The number of carbonyl (C=O) groups is 2. The van der Waals surface area contributed by atoms with Crippen molar-refractivity contribution in [2.45, 2.75) is 85.6 Å². The minimum absolute atomic E-state index is 0.00352. The number of ether oxygens (including phenoxy) is 4. The predicted octanol–water partition coefficient (Wildman–Crippen LogP) is 4.63. The van der Waals surface area contributed by atoms with Gasteiger partial charge in [0.2, 0.25) is 10.9 Å². The molecule has 4 aromatic rings. The molecular formula is C45H53N3O13. The number of aliphatic hydroxyl groups is 3. The third-order valence-electron chi connectivity index (χ3n) is 11.9. The summed E-state index contributed by atoms with van der Waals surface area (Å²) >= 11 is 0. The van der Waals surface area contributed by atoms with Crippen LogP contribution >= 0.6 is 0 Å². The van der Waals surface area contributed by atoms with Crippen molar-refractivity contribution in [2.75, 3.05) is 31.4 Å². The Morgan fingerprint density at radius 2 is 1.64 bits per heavy atom. The van der Waals surface area contributed by atoms with E-state index in [4.69, 9.17) is 23.4 Å². The first-order valence-electron chi connectivity index (χ1n) is 19.9. The van der Waals surface area contributed by atoms with Gasteiger partial charge in [0, 0.05) is 93.1 Å². The molecule has 4 bridgehead atoms. The normalized spacial score (nSPS) is 29.5. The number of nitrogens with zero attached hydrogens (tertiary/aromatic N) is 2. The topological polar surface area (TPSA) is 227 Å². The molecule has 3 aromatic carbocycles. The summed E-state index contributed by atoms with van der Waals surface area (Å²) in [5, 5.41) is 48.8. The van der Waals surface area contributed by atoms with Gasteiger partial charge in [0.1, 0.15) is 28.8 Å². The van der Waals surface area contributed by atoms with Crippen molar-refractivity contribution in [1.29, 1.82) is 0 Å². The minimum Gasteiger partial charge on any atom is -0.507 e. The second kappa shape index (κ2) is 16.8. The number of phenolic OH excluding ortho intramolecular Hbond substituents is 1. The van der Waals surface area contributed by atoms with Gasteiger partial charge in [0.25, 0.3) is 5.91 Å². The van der Waals surface area contributed by atoms with Gasteiger partial charge in [-0.05, 0) is 19.9 Å². The lowest BCUT2D eigenvalue weighted by molar-refractivity contribution is -0.160. The van der Waals surface area contributed by atoms with Crippen molar-refractivity contribution in [2.24, 2.45) is 23.7 Å². The summed E-state index contributed by atoms with van der Waals surface area (Å²) in [6, 6.07) is 2.91. The first-order chi connectivity index (χ1) is 28.6. The van der Waals surface area contributed by atoms with Crippen molar-refractivity contribution in [3.05, 3.63) is 79.5 Å². The number of allylic oxidation sites excluding steroid dienone is 2. The van der Waals surface area contributed by atoms with Crippen molar-refractivity contribution in [3.8, 4) is 11.5 Å². The number of anilines is 2. The Labute approximate surface area is 351 Å². The van der Waals surface area contributed by atoms with Crippen LogP contribution in [0.5, 0.6) is 11.5 Å². The lowest BCUT2D eigenvalue weighted by atomic mass is 9.78. The number of phenols is 1. The summed E-state index contributed by atoms with van der Waals surface area (Å²) < 4.78 is 30.2. The van der Waals surface area contributed by atoms with E-state index in [1.807, 2.05) is 0 Å². The molecule has 0 aliphatic carbocycles. The van der Waals surface area contributed by atoms with Crippen molar-refractivity contribution >= 4 is 62.0 Å². The quantitative estimate of drug-likeness (QED) is 0.108. The Morgan fingerprint density at radius 3 is 2.28 bits per heavy atom. The zero-order valence-electron chi connectivity index (χ0n) is 36.0. The number of aromatic hydroxyl groups is 1. The molecule has 0 saturated carbocycles. The fraction of sp³-hybridized carbons (Fsp3) is 0.444. The van der Waals surface area contributed by atoms with E-state index in [9.17, 15) is 39.6 Å². The van der Waals surface area contributed by atoms with Gasteiger partial charge in [0.05, 0.1) is 35.2 Å². The number of carbonyl (C=O) groups excluding carboxylic acids is 2. The fourth-order valence-electron chi connectivity index (χ4n) is 8.13. The second-order valence-electron chi connectivity index (χ2n) is 16.4. The maximum Gasteiger partial charge on any atom is 0.307 e. The first-order valence-corrected chi connectivity index (χ1v) is 19.9. The lowest BCUT2D eigenvalue weighted by Crippen LogP contribution is -2.46. The summed E-state index contributed by atoms with van der Waals surface area (Å²) in [6.45, 7) is 12.5. The molecule has 0 fully saturated rings. The molecule has 2 aliphatic heterocycles. The summed E-state index contributed by atoms with van der Waals surface area (Å²) in [5.41, 5.74) is -1.66. The largest absolute Gasteiger partial charge is 0.507 e. The number of methoxy groups -OCH3 is 1. The molecule has 1 amide bonds. The Hall–Kier alpha value is -5.97. The monoisotopic (exact) mass is 843 g/mol. The van der Waals surface area contributed by atoms with E-state index >= 15 is 0 Å². The van der Waals surface area contributed by atoms with Gasteiger partial charge in [-0.15, -0.1) is 0 Å². The summed E-state index contributed by atoms with van der Waals surface area (Å²) in [7, 11) is 4.89. The maximum atomic E-state index is 14.6. The second-order valence-corrected chi connectivity index (χ2v) is 16.4. The van der Waals surface area contributed by atoms with E-state index in [0.29, 0.717) is 5.69 Å². The molecule has 6 rings (SSSR count). The van der Waals surface area contributed by atoms with Crippen LogP contribution in [0.3, 0.4) is 0 Å². The Balaban J connectivity index is 1.65. The van der Waals surface area contributed by atoms with E-state index < -0.39 is 93.8 Å². The van der Waals surface area contributed by atoms with Gasteiger partial charge in [0.15, 0.2) is 22.4 Å². The smallest absolute Gasteiger partial charge is 0.307 e. The van der Waals surface area contributed by atoms with Gasteiger partial charge >= 0.3 is 11.8 Å². The number of amides is 1. The molecule has 16 heteroatoms. The maximum absolute atomic E-state index is 14.6. The van der Waals surface area contributed by atoms with Crippen LogP contribution in [0.15, 0.2) is 62.3 Å². The highest BCUT2D eigenvalue weighted by atomic mass is 16.7. The molecule has 16 nitrogen and oxygen atoms in total. The Morgan fingerprint density at radius 1 is 0.951 bits per heavy atom. The van der Waals surface area contributed by atoms with Gasteiger partial charge in [-0.25, -0.2) is 4.98 Å². The molecule has 326 valence electrons. The highest BCUT2D eigenvalue weighted by molar-refractivity contribution is 6.16. The molecule has 2 aliphatic rings. The lowest BCUT2D eigenvalue weighted by Gasteiger charge is -2.38. The third-order valence-corrected chi connectivity index (χ3v) is 11.9. The van der Waals surface area contributed by atoms with Crippen LogP contribution in [0, 0.1) is 30.6 Å². The number of rotatable bonds is 3. The van der Waals surface area contributed by atoms with Crippen molar-refractivity contribution in [1.82, 2.24) is 4.98 Å². The zero-order chi connectivity index (χ0) is 45.0. The van der Waals surface area contributed by atoms with E-state index in [1.54, 1.807) is 64.9 Å². The van der Waals surface area contributed by atoms with Crippen LogP contribution in [0.2, 0.25) is 0 Å². The van der Waals surface area contributed by atoms with Crippen molar-refractivity contribution < 1.29 is 53.4 Å². The predicted molar refractivity (Wildman–Crippen MR) is 229 cm³/mol. The Kier molecular flexibility index (Phi) is 12.3. The summed E-state index contributed by atoms with van der Waals surface area (Å²) in [5.74, 6) is -6.95. The zero-order valence-corrected chi connectivity index (χ0v) is 36.0. The average molecular weight is 844 g/mol. The standard InChI is InChI=1S/C45H53N3O13/c1-19-13-12-14-20(2)44(56)47-35-39(54)31-30(34-42(35)60-29-18-26(48(9)10)17-27(50)33(29)46-34)32-41(24(6)38(31)53)61-45(8,43(32)55)58-16-15-28(57-11)21(3)40(59-25(7)49)23(5)37(52)22(4)36(19)51/h12-19,21-23,28,36-37,40,51-53,55H,1-11H3,(H,47,56)/b13-12+,16-15+,20-14-/t19-,21+,22+,23+,28-,36-,37+,40+,45-/m0/s1. The number of benzene rings is 3. The summed E-state index contributed by atoms with van der Waals surface area (Å²) in [4.78, 5) is 60.7. The van der Waals surface area contributed by atoms with Gasteiger partial charge in [-0.3, -0.25) is 19.2 Å². The highest BCUT2D eigenvalue weighted by Crippen LogP contribution is 2.42. The van der Waals surface area contributed by atoms with Crippen LogP contribution in [-0.4, -0.2) is 88.7 Å². The van der Waals surface area contributed by atoms with Crippen molar-refractivity contribution in [3.63, 3.8) is 0 Å². The number of hydrogen-bond acceptors (Lipinski definition) is 15. The van der Waals surface area contributed by atoms with Crippen LogP contribution in [0.4, 0.5) is 11.4 Å². The molecule has 9 atom stereocenters. The molecule has 1 aromatic heterocycles. The molecule has 5 N–H and O–H groups in total. The number of fused-ring (bicyclic) bond motifs is 2. The minimum atomic E-state index is -1.98. The first kappa shape index (κ1) is 44.6. The molecule has 61 heavy (non-hydrogen) atoms. The van der Waals surface area contributed by atoms with Gasteiger partial charge in [-0.2, -0.15) is 0 Å². The Bertz CT molecular complexity index is 2700.